The van der Waals surface area contributed by atoms with Crippen LogP contribution in [0.3, 0.4) is 0 Å². The second kappa shape index (κ2) is 8.75. The Bertz CT molecular complexity index is 1270. The quantitative estimate of drug-likeness (QED) is 0.630. The van der Waals surface area contributed by atoms with E-state index in [9.17, 15) is 4.79 Å². The molecule has 0 spiro atoms. The molecule has 1 saturated carbocycles. The van der Waals surface area contributed by atoms with E-state index in [1.54, 1.807) is 7.05 Å². The number of fused-ring (bicyclic) bond motifs is 1. The Hall–Kier alpha value is -3.26. The maximum atomic E-state index is 15.3. The molecule has 0 radical (unpaired) electrons. The maximum Gasteiger partial charge on any atom is 0.231 e. The van der Waals surface area contributed by atoms with Gasteiger partial charge in [-0.3, -0.25) is 9.79 Å². The highest BCUT2D eigenvalue weighted by atomic mass is 19.1. The molecule has 8 heteroatoms. The van der Waals surface area contributed by atoms with Crippen LogP contribution >= 0.6 is 0 Å². The molecule has 6 rings (SSSR count). The van der Waals surface area contributed by atoms with Gasteiger partial charge in [0.2, 0.25) is 5.91 Å². The molecular formula is C27H31FN6O. The molecule has 182 valence electrons. The molecule has 2 atom stereocenters. The van der Waals surface area contributed by atoms with E-state index >= 15 is 4.39 Å². The third-order valence-corrected chi connectivity index (χ3v) is 7.73. The van der Waals surface area contributed by atoms with Gasteiger partial charge in [-0.25, -0.2) is 8.91 Å². The minimum absolute atomic E-state index is 0.0143. The van der Waals surface area contributed by atoms with E-state index in [1.165, 1.54) is 0 Å². The Kier molecular flexibility index (Phi) is 5.56. The molecule has 7 nitrogen and oxygen atoms in total. The molecule has 3 aromatic rings. The topological polar surface area (TPSA) is 65.2 Å². The number of nitrogens with one attached hydrogen (secondary N) is 1. The predicted octanol–water partition coefficient (Wildman–Crippen LogP) is 3.29. The lowest BCUT2D eigenvalue weighted by molar-refractivity contribution is -0.132. The molecule has 3 fully saturated rings. The van der Waals surface area contributed by atoms with Crippen molar-refractivity contribution in [2.45, 2.75) is 24.9 Å². The number of halogens is 1. The maximum absolute atomic E-state index is 15.3. The van der Waals surface area contributed by atoms with Crippen LogP contribution in [0.5, 0.6) is 0 Å². The van der Waals surface area contributed by atoms with Crippen molar-refractivity contribution in [2.24, 2.45) is 10.9 Å². The summed E-state index contributed by atoms with van der Waals surface area (Å²) in [6.07, 6.45) is 6.09. The summed E-state index contributed by atoms with van der Waals surface area (Å²) >= 11 is 0. The number of aliphatic imine (C=N–C) groups is 1. The molecule has 1 aliphatic carbocycles. The highest BCUT2D eigenvalue weighted by Crippen LogP contribution is 2.35. The fraction of sp³-hybridized carbons (Fsp3) is 0.444. The average Bonchev–Trinajstić information content (AvgIpc) is 3.57. The summed E-state index contributed by atoms with van der Waals surface area (Å²) in [7, 11) is 1.77. The standard InChI is InChI=1S/C27H31FN6O/c1-29-23-16-22(23)26(35)33-13-11-32(12-14-33)24-7-10-31-34-17-20(15-25(24)34)19-3-5-21(6-4-19)27(28)8-2-9-30-18-27/h3-7,10,15,17,22,30H,2,8-9,11-14,16,18H2,1H3/t22-,27+/m1/s1. The molecule has 1 aromatic carbocycles. The first-order valence-electron chi connectivity index (χ1n) is 12.5. The second-order valence-electron chi connectivity index (χ2n) is 9.88. The highest BCUT2D eigenvalue weighted by Gasteiger charge is 2.41. The number of anilines is 1. The van der Waals surface area contributed by atoms with Gasteiger partial charge in [0, 0.05) is 69.9 Å². The van der Waals surface area contributed by atoms with E-state index < -0.39 is 5.67 Å². The van der Waals surface area contributed by atoms with Crippen molar-refractivity contribution < 1.29 is 9.18 Å². The third-order valence-electron chi connectivity index (χ3n) is 7.73. The molecule has 1 amide bonds. The molecule has 35 heavy (non-hydrogen) atoms. The van der Waals surface area contributed by atoms with Crippen molar-refractivity contribution in [1.29, 1.82) is 0 Å². The van der Waals surface area contributed by atoms with Crippen molar-refractivity contribution in [3.8, 4) is 11.1 Å². The van der Waals surface area contributed by atoms with Crippen molar-refractivity contribution in [3.63, 3.8) is 0 Å². The molecule has 2 aliphatic heterocycles. The van der Waals surface area contributed by atoms with Crippen LogP contribution in [0.1, 0.15) is 24.8 Å². The van der Waals surface area contributed by atoms with Crippen LogP contribution < -0.4 is 10.2 Å². The van der Waals surface area contributed by atoms with Crippen LogP contribution in [0.25, 0.3) is 16.6 Å². The second-order valence-corrected chi connectivity index (χ2v) is 9.88. The Balaban J connectivity index is 1.19. The van der Waals surface area contributed by atoms with Gasteiger partial charge in [0.1, 0.15) is 5.67 Å². The summed E-state index contributed by atoms with van der Waals surface area (Å²) < 4.78 is 17.2. The third kappa shape index (κ3) is 4.10. The lowest BCUT2D eigenvalue weighted by Crippen LogP contribution is -2.49. The van der Waals surface area contributed by atoms with Crippen molar-refractivity contribution in [1.82, 2.24) is 19.8 Å². The number of hydrogen-bond acceptors (Lipinski definition) is 5. The molecule has 3 aliphatic rings. The summed E-state index contributed by atoms with van der Waals surface area (Å²) in [5.74, 6) is 0.234. The lowest BCUT2D eigenvalue weighted by Gasteiger charge is -2.36. The Labute approximate surface area is 204 Å². The normalized spacial score (nSPS) is 25.9. The zero-order valence-corrected chi connectivity index (χ0v) is 20.1. The van der Waals surface area contributed by atoms with Crippen LogP contribution in [-0.2, 0) is 10.5 Å². The number of hydrogen-bond donors (Lipinski definition) is 1. The van der Waals surface area contributed by atoms with Crippen molar-refractivity contribution in [2.75, 3.05) is 51.2 Å². The molecule has 0 unspecified atom stereocenters. The van der Waals surface area contributed by atoms with Crippen molar-refractivity contribution >= 4 is 22.8 Å². The van der Waals surface area contributed by atoms with Gasteiger partial charge in [-0.2, -0.15) is 5.10 Å². The number of rotatable bonds is 4. The van der Waals surface area contributed by atoms with Gasteiger partial charge in [-0.15, -0.1) is 0 Å². The molecule has 0 bridgehead atoms. The first-order valence-corrected chi connectivity index (χ1v) is 12.5. The first kappa shape index (κ1) is 22.2. The molecule has 2 saturated heterocycles. The largest absolute Gasteiger partial charge is 0.366 e. The average molecular weight is 475 g/mol. The van der Waals surface area contributed by atoms with Gasteiger partial charge < -0.3 is 15.1 Å². The van der Waals surface area contributed by atoms with Crippen LogP contribution in [0.4, 0.5) is 10.1 Å². The summed E-state index contributed by atoms with van der Waals surface area (Å²) in [6.45, 7) is 4.28. The van der Waals surface area contributed by atoms with E-state index in [0.717, 1.165) is 79.2 Å². The molecule has 1 N–H and O–H groups in total. The summed E-state index contributed by atoms with van der Waals surface area (Å²) in [4.78, 5) is 21.2. The van der Waals surface area contributed by atoms with E-state index in [4.69, 9.17) is 0 Å². The van der Waals surface area contributed by atoms with E-state index in [-0.39, 0.29) is 11.8 Å². The van der Waals surface area contributed by atoms with Crippen LogP contribution in [-0.4, -0.2) is 72.4 Å². The van der Waals surface area contributed by atoms with E-state index in [1.807, 2.05) is 52.1 Å². The minimum Gasteiger partial charge on any atom is -0.366 e. The van der Waals surface area contributed by atoms with Gasteiger partial charge in [-0.1, -0.05) is 24.3 Å². The number of piperidine rings is 1. The van der Waals surface area contributed by atoms with Gasteiger partial charge in [0.25, 0.3) is 0 Å². The summed E-state index contributed by atoms with van der Waals surface area (Å²) in [5.41, 5.74) is 4.74. The van der Waals surface area contributed by atoms with Crippen molar-refractivity contribution in [3.05, 3.63) is 54.4 Å². The molecular weight excluding hydrogens is 443 g/mol. The Morgan fingerprint density at radius 3 is 2.63 bits per heavy atom. The summed E-state index contributed by atoms with van der Waals surface area (Å²) in [5, 5.41) is 7.70. The van der Waals surface area contributed by atoms with Crippen LogP contribution in [0.2, 0.25) is 0 Å². The zero-order chi connectivity index (χ0) is 24.0. The first-order chi connectivity index (χ1) is 17.1. The van der Waals surface area contributed by atoms with Gasteiger partial charge in [0.15, 0.2) is 0 Å². The predicted molar refractivity (Wildman–Crippen MR) is 136 cm³/mol. The SMILES string of the molecule is CN=C1C[C@H]1C(=O)N1CCN(c2ccnn3cc(-c4ccc([C@]5(F)CCCNC5)cc4)cc23)CC1. The molecule has 2 aromatic heterocycles. The number of piperazine rings is 1. The van der Waals surface area contributed by atoms with E-state index in [2.05, 4.69) is 26.4 Å². The Morgan fingerprint density at radius 2 is 1.94 bits per heavy atom. The number of carbonyl (C=O) groups excluding carboxylic acids is 1. The fourth-order valence-corrected chi connectivity index (χ4v) is 5.52. The van der Waals surface area contributed by atoms with Crippen LogP contribution in [0, 0.1) is 5.92 Å². The monoisotopic (exact) mass is 474 g/mol. The Morgan fingerprint density at radius 1 is 1.14 bits per heavy atom. The summed E-state index contributed by atoms with van der Waals surface area (Å²) in [6, 6.07) is 12.1. The highest BCUT2D eigenvalue weighted by molar-refractivity contribution is 6.16. The number of nitrogens with zero attached hydrogens (tertiary/aromatic N) is 5. The number of aromatic nitrogens is 2. The fourth-order valence-electron chi connectivity index (χ4n) is 5.52. The lowest BCUT2D eigenvalue weighted by atomic mass is 9.87. The van der Waals surface area contributed by atoms with Gasteiger partial charge >= 0.3 is 0 Å². The van der Waals surface area contributed by atoms with Gasteiger partial charge in [-0.05, 0) is 42.6 Å². The minimum atomic E-state index is -1.29. The molecule has 4 heterocycles. The number of benzene rings is 1. The van der Waals surface area contributed by atoms with E-state index in [0.29, 0.717) is 13.0 Å². The van der Waals surface area contributed by atoms with Gasteiger partial charge in [0.05, 0.1) is 17.1 Å². The number of carbonyl (C=O) groups is 1. The number of amides is 1. The zero-order valence-electron chi connectivity index (χ0n) is 20.1. The van der Waals surface area contributed by atoms with Crippen LogP contribution in [0.15, 0.2) is 53.8 Å². The smallest absolute Gasteiger partial charge is 0.231 e. The number of alkyl halides is 1.